The molecule has 3 rings (SSSR count). The van der Waals surface area contributed by atoms with Crippen LogP contribution in [0.5, 0.6) is 0 Å². The Morgan fingerprint density at radius 3 is 2.72 bits per heavy atom. The van der Waals surface area contributed by atoms with Crippen molar-refractivity contribution in [3.05, 3.63) is 26.3 Å². The Hall–Kier alpha value is -1.51. The number of nitrogens with zero attached hydrogens (tertiary/aromatic N) is 3. The molecule has 92 valence electrons. The van der Waals surface area contributed by atoms with E-state index in [0.29, 0.717) is 15.9 Å². The van der Waals surface area contributed by atoms with Gasteiger partial charge in [-0.25, -0.2) is 14.8 Å². The van der Waals surface area contributed by atoms with E-state index < -0.39 is 5.97 Å². The number of carbonyl (C=O) groups is 1. The molecular formula is C11H9IN4O2. The van der Waals surface area contributed by atoms with E-state index >= 15 is 0 Å². The van der Waals surface area contributed by atoms with E-state index in [1.54, 1.807) is 0 Å². The SMILES string of the molecule is Cc1nc(I)nc2c1CCc1c-2n[nH]c1C(=O)O. The Morgan fingerprint density at radius 1 is 1.28 bits per heavy atom. The lowest BCUT2D eigenvalue weighted by Crippen LogP contribution is -2.12. The molecule has 0 fully saturated rings. The number of carboxylic acid groups (broad SMARTS) is 1. The van der Waals surface area contributed by atoms with Crippen molar-refractivity contribution < 1.29 is 9.90 Å². The summed E-state index contributed by atoms with van der Waals surface area (Å²) in [6.45, 7) is 1.94. The number of hydrogen-bond acceptors (Lipinski definition) is 4. The molecule has 0 saturated carbocycles. The molecule has 0 aliphatic heterocycles. The third kappa shape index (κ3) is 1.61. The maximum absolute atomic E-state index is 11.1. The average molecular weight is 356 g/mol. The van der Waals surface area contributed by atoms with Crippen molar-refractivity contribution in [2.45, 2.75) is 19.8 Å². The van der Waals surface area contributed by atoms with Gasteiger partial charge in [0.1, 0.15) is 11.4 Å². The second-order valence-corrected chi connectivity index (χ2v) is 5.10. The minimum absolute atomic E-state index is 0.168. The molecule has 1 aliphatic carbocycles. The van der Waals surface area contributed by atoms with Crippen LogP contribution >= 0.6 is 22.6 Å². The van der Waals surface area contributed by atoms with Crippen molar-refractivity contribution in [2.24, 2.45) is 0 Å². The van der Waals surface area contributed by atoms with Crippen LogP contribution in [0, 0.1) is 10.8 Å². The number of aryl methyl sites for hydroxylation is 1. The molecular weight excluding hydrogens is 347 g/mol. The van der Waals surface area contributed by atoms with Gasteiger partial charge in [-0.05, 0) is 19.8 Å². The van der Waals surface area contributed by atoms with E-state index in [1.165, 1.54) is 0 Å². The smallest absolute Gasteiger partial charge is 0.354 e. The number of carboxylic acids is 1. The van der Waals surface area contributed by atoms with Gasteiger partial charge in [-0.1, -0.05) is 0 Å². The van der Waals surface area contributed by atoms with Crippen LogP contribution in [0.25, 0.3) is 11.4 Å². The molecule has 2 heterocycles. The van der Waals surface area contributed by atoms with Crippen LogP contribution in [-0.2, 0) is 12.8 Å². The quantitative estimate of drug-likeness (QED) is 0.598. The van der Waals surface area contributed by atoms with Gasteiger partial charge < -0.3 is 5.11 Å². The molecule has 0 spiro atoms. The zero-order valence-electron chi connectivity index (χ0n) is 9.49. The number of aromatic nitrogens is 4. The fraction of sp³-hybridized carbons (Fsp3) is 0.273. The zero-order chi connectivity index (χ0) is 12.9. The number of aromatic carboxylic acids is 1. The van der Waals surface area contributed by atoms with Crippen molar-refractivity contribution in [3.63, 3.8) is 0 Å². The van der Waals surface area contributed by atoms with Gasteiger partial charge >= 0.3 is 5.97 Å². The molecule has 0 radical (unpaired) electrons. The molecule has 0 amide bonds. The van der Waals surface area contributed by atoms with Crippen molar-refractivity contribution in [2.75, 3.05) is 0 Å². The lowest BCUT2D eigenvalue weighted by Gasteiger charge is -2.16. The standard InChI is InChI=1S/C11H9IN4O2/c1-4-5-2-3-6-8(7(5)14-11(12)13-4)15-16-9(6)10(17)18/h2-3H2,1H3,(H,15,16)(H,17,18). The molecule has 2 aromatic rings. The van der Waals surface area contributed by atoms with E-state index in [-0.39, 0.29) is 5.69 Å². The number of H-pyrrole nitrogens is 1. The normalized spacial score (nSPS) is 13.0. The second kappa shape index (κ2) is 4.01. The fourth-order valence-electron chi connectivity index (χ4n) is 2.29. The number of hydrogen-bond donors (Lipinski definition) is 2. The number of aromatic amines is 1. The highest BCUT2D eigenvalue weighted by Gasteiger charge is 2.27. The van der Waals surface area contributed by atoms with Crippen LogP contribution in [0.3, 0.4) is 0 Å². The molecule has 6 nitrogen and oxygen atoms in total. The highest BCUT2D eigenvalue weighted by Crippen LogP contribution is 2.33. The van der Waals surface area contributed by atoms with Crippen LogP contribution in [0.15, 0.2) is 0 Å². The summed E-state index contributed by atoms with van der Waals surface area (Å²) in [6.07, 6.45) is 1.41. The summed E-state index contributed by atoms with van der Waals surface area (Å²) in [6, 6.07) is 0. The minimum atomic E-state index is -0.979. The van der Waals surface area contributed by atoms with Crippen molar-refractivity contribution in [1.82, 2.24) is 20.2 Å². The molecule has 0 unspecified atom stereocenters. The Kier molecular flexibility index (Phi) is 2.58. The topological polar surface area (TPSA) is 91.8 Å². The Balaban J connectivity index is 2.26. The average Bonchev–Trinajstić information content (AvgIpc) is 2.72. The molecule has 18 heavy (non-hydrogen) atoms. The Bertz CT molecular complexity index is 665. The van der Waals surface area contributed by atoms with Gasteiger partial charge in [-0.3, -0.25) is 5.10 Å². The summed E-state index contributed by atoms with van der Waals surface area (Å²) >= 11 is 2.05. The van der Waals surface area contributed by atoms with E-state index in [0.717, 1.165) is 28.9 Å². The lowest BCUT2D eigenvalue weighted by atomic mass is 9.92. The molecule has 2 aromatic heterocycles. The number of rotatable bonds is 1. The van der Waals surface area contributed by atoms with E-state index in [4.69, 9.17) is 5.11 Å². The van der Waals surface area contributed by atoms with Crippen LogP contribution in [0.1, 0.15) is 27.3 Å². The maximum atomic E-state index is 11.1. The van der Waals surface area contributed by atoms with Crippen LogP contribution in [0.2, 0.25) is 0 Å². The number of nitrogens with one attached hydrogen (secondary N) is 1. The number of fused-ring (bicyclic) bond motifs is 3. The monoisotopic (exact) mass is 356 g/mol. The fourth-order valence-corrected chi connectivity index (χ4v) is 2.89. The third-order valence-corrected chi connectivity index (χ3v) is 3.60. The second-order valence-electron chi connectivity index (χ2n) is 4.14. The lowest BCUT2D eigenvalue weighted by molar-refractivity contribution is 0.0689. The maximum Gasteiger partial charge on any atom is 0.354 e. The van der Waals surface area contributed by atoms with Crippen molar-refractivity contribution in [1.29, 1.82) is 0 Å². The van der Waals surface area contributed by atoms with Crippen molar-refractivity contribution in [3.8, 4) is 11.4 Å². The molecule has 0 aromatic carbocycles. The van der Waals surface area contributed by atoms with Gasteiger partial charge in [0.15, 0.2) is 3.83 Å². The summed E-state index contributed by atoms with van der Waals surface area (Å²) in [4.78, 5) is 19.8. The molecule has 1 aliphatic rings. The summed E-state index contributed by atoms with van der Waals surface area (Å²) in [5, 5.41) is 15.8. The van der Waals surface area contributed by atoms with Gasteiger partial charge in [0.05, 0.1) is 5.69 Å². The van der Waals surface area contributed by atoms with Gasteiger partial charge in [0, 0.05) is 39.4 Å². The number of halogens is 1. The van der Waals surface area contributed by atoms with Crippen LogP contribution in [-0.4, -0.2) is 31.2 Å². The first-order valence-electron chi connectivity index (χ1n) is 5.42. The van der Waals surface area contributed by atoms with Gasteiger partial charge in [-0.15, -0.1) is 0 Å². The summed E-state index contributed by atoms with van der Waals surface area (Å²) in [5.41, 5.74) is 4.32. The molecule has 0 saturated heterocycles. The first-order chi connectivity index (χ1) is 8.58. The van der Waals surface area contributed by atoms with Crippen LogP contribution < -0.4 is 0 Å². The first kappa shape index (κ1) is 11.6. The van der Waals surface area contributed by atoms with Crippen LogP contribution in [0.4, 0.5) is 0 Å². The highest BCUT2D eigenvalue weighted by atomic mass is 127. The van der Waals surface area contributed by atoms with E-state index in [9.17, 15) is 4.79 Å². The first-order valence-corrected chi connectivity index (χ1v) is 6.49. The predicted molar refractivity (Wildman–Crippen MR) is 71.4 cm³/mol. The Morgan fingerprint density at radius 2 is 2.00 bits per heavy atom. The molecule has 0 atom stereocenters. The Labute approximate surface area is 116 Å². The summed E-state index contributed by atoms with van der Waals surface area (Å²) in [5.74, 6) is -0.979. The predicted octanol–water partition coefficient (Wildman–Crippen LogP) is 1.58. The van der Waals surface area contributed by atoms with Crippen molar-refractivity contribution >= 4 is 28.6 Å². The van der Waals surface area contributed by atoms with E-state index in [1.807, 2.05) is 6.92 Å². The molecule has 7 heteroatoms. The molecule has 0 bridgehead atoms. The van der Waals surface area contributed by atoms with Gasteiger partial charge in [0.25, 0.3) is 0 Å². The molecule has 2 N–H and O–H groups in total. The summed E-state index contributed by atoms with van der Waals surface area (Å²) < 4.78 is 0.650. The zero-order valence-corrected chi connectivity index (χ0v) is 11.6. The largest absolute Gasteiger partial charge is 0.477 e. The minimum Gasteiger partial charge on any atom is -0.477 e. The van der Waals surface area contributed by atoms with Gasteiger partial charge in [-0.2, -0.15) is 5.10 Å². The van der Waals surface area contributed by atoms with Gasteiger partial charge in [0.2, 0.25) is 0 Å². The third-order valence-electron chi connectivity index (χ3n) is 3.12. The summed E-state index contributed by atoms with van der Waals surface area (Å²) in [7, 11) is 0. The van der Waals surface area contributed by atoms with E-state index in [2.05, 4.69) is 42.8 Å². The highest BCUT2D eigenvalue weighted by molar-refractivity contribution is 14.1.